The standard InChI is InChI=1S/C28H37FN2O3/c1-27(2,3)34-26(32)31-17-14-28(24(20-31)23-11-10-22(29)18-25(23)33-4)12-15-30(16-13-28)19-21-8-6-5-7-9-21/h5-11,18,24H,12-17,19-20H2,1-4H3. The fraction of sp³-hybridized carbons (Fsp3) is 0.536. The maximum Gasteiger partial charge on any atom is 0.410 e. The molecule has 6 heteroatoms. The van der Waals surface area contributed by atoms with Crippen molar-refractivity contribution in [2.45, 2.75) is 58.1 Å². The van der Waals surface area contributed by atoms with Crippen LogP contribution in [0, 0.1) is 11.2 Å². The van der Waals surface area contributed by atoms with Crippen LogP contribution in [0.4, 0.5) is 9.18 Å². The van der Waals surface area contributed by atoms with E-state index < -0.39 is 5.60 Å². The summed E-state index contributed by atoms with van der Waals surface area (Å²) in [4.78, 5) is 17.3. The molecular formula is C28H37FN2O3. The van der Waals surface area contributed by atoms with E-state index >= 15 is 0 Å². The Labute approximate surface area is 202 Å². The smallest absolute Gasteiger partial charge is 0.410 e. The molecule has 0 radical (unpaired) electrons. The Morgan fingerprint density at radius 1 is 1.06 bits per heavy atom. The van der Waals surface area contributed by atoms with Gasteiger partial charge in [-0.1, -0.05) is 36.4 Å². The number of ether oxygens (including phenoxy) is 2. The number of carbonyl (C=O) groups is 1. The molecule has 0 aromatic heterocycles. The summed E-state index contributed by atoms with van der Waals surface area (Å²) in [5.74, 6) is 0.303. The van der Waals surface area contributed by atoms with Crippen LogP contribution >= 0.6 is 0 Å². The van der Waals surface area contributed by atoms with E-state index in [1.165, 1.54) is 17.7 Å². The minimum atomic E-state index is -0.544. The molecule has 34 heavy (non-hydrogen) atoms. The number of hydrogen-bond acceptors (Lipinski definition) is 4. The third-order valence-corrected chi connectivity index (χ3v) is 7.35. The molecule has 1 amide bonds. The van der Waals surface area contributed by atoms with Gasteiger partial charge < -0.3 is 14.4 Å². The van der Waals surface area contributed by atoms with Crippen LogP contribution in [0.5, 0.6) is 5.75 Å². The summed E-state index contributed by atoms with van der Waals surface area (Å²) in [5, 5.41) is 0. The number of benzene rings is 2. The van der Waals surface area contributed by atoms with Crippen molar-refractivity contribution in [3.05, 3.63) is 65.5 Å². The molecule has 4 rings (SSSR count). The van der Waals surface area contributed by atoms with Crippen LogP contribution in [0.3, 0.4) is 0 Å². The Balaban J connectivity index is 1.57. The third-order valence-electron chi connectivity index (χ3n) is 7.35. The molecule has 0 aliphatic carbocycles. The van der Waals surface area contributed by atoms with Gasteiger partial charge >= 0.3 is 6.09 Å². The van der Waals surface area contributed by atoms with Crippen molar-refractivity contribution in [2.75, 3.05) is 33.3 Å². The summed E-state index contributed by atoms with van der Waals surface area (Å²) >= 11 is 0. The minimum absolute atomic E-state index is 0.0385. The van der Waals surface area contributed by atoms with Crippen LogP contribution in [0.25, 0.3) is 0 Å². The lowest BCUT2D eigenvalue weighted by Gasteiger charge is -2.52. The summed E-state index contributed by atoms with van der Waals surface area (Å²) in [5.41, 5.74) is 1.80. The Hall–Kier alpha value is -2.60. The molecule has 1 atom stereocenters. The lowest BCUT2D eigenvalue weighted by atomic mass is 9.62. The highest BCUT2D eigenvalue weighted by atomic mass is 19.1. The molecule has 2 aromatic carbocycles. The van der Waals surface area contributed by atoms with E-state index in [0.29, 0.717) is 18.8 Å². The Morgan fingerprint density at radius 2 is 1.74 bits per heavy atom. The van der Waals surface area contributed by atoms with Gasteiger partial charge in [0.25, 0.3) is 0 Å². The summed E-state index contributed by atoms with van der Waals surface area (Å²) < 4.78 is 25.3. The van der Waals surface area contributed by atoms with Gasteiger partial charge in [-0.3, -0.25) is 4.90 Å². The van der Waals surface area contributed by atoms with Crippen molar-refractivity contribution in [3.63, 3.8) is 0 Å². The molecule has 2 aromatic rings. The van der Waals surface area contributed by atoms with Gasteiger partial charge in [0.05, 0.1) is 7.11 Å². The molecule has 2 heterocycles. The number of halogens is 1. The van der Waals surface area contributed by atoms with Gasteiger partial charge in [0.1, 0.15) is 17.2 Å². The number of nitrogens with zero attached hydrogens (tertiary/aromatic N) is 2. The highest BCUT2D eigenvalue weighted by Gasteiger charge is 2.47. The highest BCUT2D eigenvalue weighted by molar-refractivity contribution is 5.68. The Kier molecular flexibility index (Phi) is 7.17. The van der Waals surface area contributed by atoms with Crippen molar-refractivity contribution >= 4 is 6.09 Å². The second-order valence-electron chi connectivity index (χ2n) is 10.7. The molecule has 1 unspecified atom stereocenters. The number of amides is 1. The van der Waals surface area contributed by atoms with Crippen LogP contribution < -0.4 is 4.74 Å². The number of carbonyl (C=O) groups excluding carboxylic acids is 1. The molecule has 0 N–H and O–H groups in total. The summed E-state index contributed by atoms with van der Waals surface area (Å²) in [7, 11) is 1.59. The van der Waals surface area contributed by atoms with Crippen molar-refractivity contribution in [1.29, 1.82) is 0 Å². The summed E-state index contributed by atoms with van der Waals surface area (Å²) in [6.07, 6.45) is 2.69. The van der Waals surface area contributed by atoms with Crippen LogP contribution in [0.1, 0.15) is 57.1 Å². The summed E-state index contributed by atoms with van der Waals surface area (Å²) in [6.45, 7) is 9.84. The second-order valence-corrected chi connectivity index (χ2v) is 10.7. The van der Waals surface area contributed by atoms with Crippen molar-refractivity contribution in [2.24, 2.45) is 5.41 Å². The fourth-order valence-corrected chi connectivity index (χ4v) is 5.53. The van der Waals surface area contributed by atoms with E-state index in [-0.39, 0.29) is 23.2 Å². The molecular weight excluding hydrogens is 431 g/mol. The average molecular weight is 469 g/mol. The fourth-order valence-electron chi connectivity index (χ4n) is 5.53. The van der Waals surface area contributed by atoms with Crippen LogP contribution in [-0.4, -0.2) is 54.8 Å². The molecule has 2 aliphatic heterocycles. The van der Waals surface area contributed by atoms with E-state index in [1.54, 1.807) is 7.11 Å². The Morgan fingerprint density at radius 3 is 2.38 bits per heavy atom. The zero-order valence-electron chi connectivity index (χ0n) is 20.9. The maximum absolute atomic E-state index is 14.0. The number of methoxy groups -OCH3 is 1. The highest BCUT2D eigenvalue weighted by Crippen LogP contribution is 2.52. The lowest BCUT2D eigenvalue weighted by molar-refractivity contribution is -0.0144. The molecule has 1 spiro atoms. The van der Waals surface area contributed by atoms with Crippen LogP contribution in [0.2, 0.25) is 0 Å². The van der Waals surface area contributed by atoms with E-state index in [9.17, 15) is 9.18 Å². The quantitative estimate of drug-likeness (QED) is 0.565. The lowest BCUT2D eigenvalue weighted by Crippen LogP contribution is -2.53. The van der Waals surface area contributed by atoms with Gasteiger partial charge in [-0.2, -0.15) is 0 Å². The van der Waals surface area contributed by atoms with Gasteiger partial charge in [-0.25, -0.2) is 9.18 Å². The Bertz CT molecular complexity index is 981. The monoisotopic (exact) mass is 468 g/mol. The molecule has 5 nitrogen and oxygen atoms in total. The van der Waals surface area contributed by atoms with Gasteiger partial charge in [0.15, 0.2) is 0 Å². The van der Waals surface area contributed by atoms with Crippen LogP contribution in [-0.2, 0) is 11.3 Å². The first-order valence-electron chi connectivity index (χ1n) is 12.3. The molecule has 0 bridgehead atoms. The van der Waals surface area contributed by atoms with E-state index in [2.05, 4.69) is 29.2 Å². The number of rotatable bonds is 4. The average Bonchev–Trinajstić information content (AvgIpc) is 2.80. The zero-order valence-corrected chi connectivity index (χ0v) is 20.9. The van der Waals surface area contributed by atoms with E-state index in [1.807, 2.05) is 37.8 Å². The third kappa shape index (κ3) is 5.54. The predicted molar refractivity (Wildman–Crippen MR) is 132 cm³/mol. The normalized spacial score (nSPS) is 20.9. The molecule has 2 fully saturated rings. The van der Waals surface area contributed by atoms with E-state index in [0.717, 1.165) is 44.5 Å². The van der Waals surface area contributed by atoms with Gasteiger partial charge in [0, 0.05) is 31.6 Å². The number of hydrogen-bond donors (Lipinski definition) is 0. The number of piperidine rings is 2. The van der Waals surface area contributed by atoms with Gasteiger partial charge in [-0.05, 0) is 75.7 Å². The topological polar surface area (TPSA) is 42.0 Å². The first kappa shape index (κ1) is 24.5. The summed E-state index contributed by atoms with van der Waals surface area (Å²) in [6, 6.07) is 15.4. The van der Waals surface area contributed by atoms with Crippen LogP contribution in [0.15, 0.2) is 48.5 Å². The molecule has 2 aliphatic rings. The first-order valence-corrected chi connectivity index (χ1v) is 12.3. The predicted octanol–water partition coefficient (Wildman–Crippen LogP) is 5.84. The second kappa shape index (κ2) is 9.95. The van der Waals surface area contributed by atoms with E-state index in [4.69, 9.17) is 9.47 Å². The molecule has 2 saturated heterocycles. The zero-order chi connectivity index (χ0) is 24.3. The van der Waals surface area contributed by atoms with Crippen molar-refractivity contribution in [1.82, 2.24) is 9.80 Å². The largest absolute Gasteiger partial charge is 0.496 e. The first-order chi connectivity index (χ1) is 16.2. The van der Waals surface area contributed by atoms with Gasteiger partial charge in [0.2, 0.25) is 0 Å². The SMILES string of the molecule is COc1cc(F)ccc1C1CN(C(=O)OC(C)(C)C)CCC12CCN(Cc1ccccc1)CC2. The molecule has 184 valence electrons. The van der Waals surface area contributed by atoms with Gasteiger partial charge in [-0.15, -0.1) is 0 Å². The minimum Gasteiger partial charge on any atom is -0.496 e. The maximum atomic E-state index is 14.0. The number of likely N-dealkylation sites (tertiary alicyclic amines) is 2. The van der Waals surface area contributed by atoms with Crippen molar-refractivity contribution in [3.8, 4) is 5.75 Å². The molecule has 0 saturated carbocycles. The van der Waals surface area contributed by atoms with Crippen molar-refractivity contribution < 1.29 is 18.7 Å².